The summed E-state index contributed by atoms with van der Waals surface area (Å²) >= 11 is 5.96. The van der Waals surface area contributed by atoms with E-state index in [2.05, 4.69) is 16.9 Å². The number of aromatic amines is 1. The highest BCUT2D eigenvalue weighted by Gasteiger charge is 2.23. The first kappa shape index (κ1) is 17.3. The van der Waals surface area contributed by atoms with E-state index < -0.39 is 6.23 Å². The Bertz CT molecular complexity index is 971. The fourth-order valence-corrected chi connectivity index (χ4v) is 3.51. The maximum absolute atomic E-state index is 12.5. The minimum Gasteiger partial charge on any atom is -0.373 e. The van der Waals surface area contributed by atoms with Crippen molar-refractivity contribution in [1.29, 1.82) is 0 Å². The van der Waals surface area contributed by atoms with E-state index in [0.29, 0.717) is 16.4 Å². The van der Waals surface area contributed by atoms with E-state index in [1.807, 2.05) is 11.0 Å². The molecule has 1 aromatic carbocycles. The molecule has 1 atom stereocenters. The molecular formula is C19H21ClN4O2. The van der Waals surface area contributed by atoms with Crippen LogP contribution < -0.4 is 5.56 Å². The molecule has 0 saturated carbocycles. The Kier molecular flexibility index (Phi) is 4.58. The second-order valence-electron chi connectivity index (χ2n) is 6.72. The number of hydrogen-bond acceptors (Lipinski definition) is 4. The molecule has 0 aliphatic carbocycles. The number of piperazine rings is 1. The van der Waals surface area contributed by atoms with Gasteiger partial charge in [-0.1, -0.05) is 11.6 Å². The molecule has 0 bridgehead atoms. The monoisotopic (exact) mass is 372 g/mol. The minimum atomic E-state index is -0.718. The number of nitrogens with zero attached hydrogens (tertiary/aromatic N) is 3. The Morgan fingerprint density at radius 3 is 2.46 bits per heavy atom. The molecule has 1 saturated heterocycles. The summed E-state index contributed by atoms with van der Waals surface area (Å²) in [6.45, 7) is 3.45. The van der Waals surface area contributed by atoms with Crippen LogP contribution in [0.3, 0.4) is 0 Å². The van der Waals surface area contributed by atoms with Crippen molar-refractivity contribution in [2.45, 2.75) is 6.23 Å². The Hall–Kier alpha value is -2.12. The molecule has 2 N–H and O–H groups in total. The van der Waals surface area contributed by atoms with Crippen LogP contribution in [-0.2, 0) is 0 Å². The normalized spacial score (nSPS) is 17.7. The van der Waals surface area contributed by atoms with Crippen LogP contribution in [0.2, 0.25) is 5.02 Å². The van der Waals surface area contributed by atoms with Crippen LogP contribution in [-0.4, -0.2) is 57.7 Å². The fourth-order valence-electron chi connectivity index (χ4n) is 3.39. The van der Waals surface area contributed by atoms with Crippen molar-refractivity contribution in [3.8, 4) is 5.69 Å². The molecule has 136 valence electrons. The zero-order chi connectivity index (χ0) is 18.3. The van der Waals surface area contributed by atoms with Crippen LogP contribution in [0.25, 0.3) is 16.7 Å². The standard InChI is InChI=1S/C19H21ClN4O2/c1-22-8-10-23(11-9-22)19(26)16-12-13-2-7-17(25)24(18(13)21-16)15-5-3-14(20)4-6-15/h2-7,12,19,21,26H,8-11H2,1H3. The van der Waals surface area contributed by atoms with Crippen LogP contribution in [0.15, 0.2) is 47.3 Å². The molecule has 0 amide bonds. The van der Waals surface area contributed by atoms with Gasteiger partial charge in [0.1, 0.15) is 11.9 Å². The molecule has 1 aliphatic rings. The summed E-state index contributed by atoms with van der Waals surface area (Å²) in [5, 5.41) is 12.3. The van der Waals surface area contributed by atoms with Crippen molar-refractivity contribution in [2.75, 3.05) is 33.2 Å². The first-order chi connectivity index (χ1) is 12.5. The Balaban J connectivity index is 1.74. The van der Waals surface area contributed by atoms with Crippen LogP contribution in [0.5, 0.6) is 0 Å². The molecule has 3 heterocycles. The van der Waals surface area contributed by atoms with Crippen molar-refractivity contribution in [1.82, 2.24) is 19.4 Å². The Morgan fingerprint density at radius 1 is 1.08 bits per heavy atom. The van der Waals surface area contributed by atoms with Gasteiger partial charge >= 0.3 is 0 Å². The van der Waals surface area contributed by atoms with E-state index in [1.54, 1.807) is 34.9 Å². The zero-order valence-electron chi connectivity index (χ0n) is 14.5. The third-order valence-electron chi connectivity index (χ3n) is 4.94. The average molecular weight is 373 g/mol. The predicted molar refractivity (Wildman–Crippen MR) is 103 cm³/mol. The van der Waals surface area contributed by atoms with E-state index in [4.69, 9.17) is 11.6 Å². The van der Waals surface area contributed by atoms with Crippen molar-refractivity contribution < 1.29 is 5.11 Å². The van der Waals surface area contributed by atoms with Gasteiger partial charge in [-0.3, -0.25) is 14.3 Å². The Morgan fingerprint density at radius 2 is 1.77 bits per heavy atom. The van der Waals surface area contributed by atoms with Crippen molar-refractivity contribution in [2.24, 2.45) is 0 Å². The van der Waals surface area contributed by atoms with Gasteiger partial charge in [0.15, 0.2) is 0 Å². The minimum absolute atomic E-state index is 0.137. The second kappa shape index (κ2) is 6.89. The number of aromatic nitrogens is 2. The molecule has 7 heteroatoms. The molecule has 1 fully saturated rings. The lowest BCUT2D eigenvalue weighted by molar-refractivity contribution is -0.0255. The number of halogens is 1. The summed E-state index contributed by atoms with van der Waals surface area (Å²) in [5.74, 6) is 0. The van der Waals surface area contributed by atoms with E-state index >= 15 is 0 Å². The molecule has 1 unspecified atom stereocenters. The van der Waals surface area contributed by atoms with Gasteiger partial charge in [0.2, 0.25) is 0 Å². The molecule has 1 aliphatic heterocycles. The lowest BCUT2D eigenvalue weighted by Crippen LogP contribution is -2.46. The third-order valence-corrected chi connectivity index (χ3v) is 5.20. The molecule has 4 rings (SSSR count). The smallest absolute Gasteiger partial charge is 0.256 e. The maximum Gasteiger partial charge on any atom is 0.256 e. The number of fused-ring (bicyclic) bond motifs is 1. The van der Waals surface area contributed by atoms with Gasteiger partial charge < -0.3 is 15.0 Å². The summed E-state index contributed by atoms with van der Waals surface area (Å²) < 4.78 is 1.60. The molecule has 6 nitrogen and oxygen atoms in total. The highest BCUT2D eigenvalue weighted by Crippen LogP contribution is 2.24. The molecule has 2 aromatic heterocycles. The van der Waals surface area contributed by atoms with Gasteiger partial charge in [0, 0.05) is 42.7 Å². The summed E-state index contributed by atoms with van der Waals surface area (Å²) in [6, 6.07) is 12.3. The first-order valence-corrected chi connectivity index (χ1v) is 9.02. The number of likely N-dealkylation sites (N-methyl/N-ethyl adjacent to an activating group) is 1. The lowest BCUT2D eigenvalue weighted by atomic mass is 10.2. The molecule has 26 heavy (non-hydrogen) atoms. The predicted octanol–water partition coefficient (Wildman–Crippen LogP) is 2.21. The van der Waals surface area contributed by atoms with Gasteiger partial charge in [-0.2, -0.15) is 0 Å². The van der Waals surface area contributed by atoms with Crippen LogP contribution >= 0.6 is 11.6 Å². The van der Waals surface area contributed by atoms with E-state index in [-0.39, 0.29) is 5.56 Å². The van der Waals surface area contributed by atoms with Crippen molar-refractivity contribution in [3.63, 3.8) is 0 Å². The summed E-state index contributed by atoms with van der Waals surface area (Å²) in [5.41, 5.74) is 1.95. The summed E-state index contributed by atoms with van der Waals surface area (Å²) in [6.07, 6.45) is -0.718. The van der Waals surface area contributed by atoms with Crippen LogP contribution in [0.4, 0.5) is 0 Å². The fraction of sp³-hybridized carbons (Fsp3) is 0.316. The molecule has 0 spiro atoms. The zero-order valence-corrected chi connectivity index (χ0v) is 15.3. The summed E-state index contributed by atoms with van der Waals surface area (Å²) in [4.78, 5) is 20.0. The number of rotatable bonds is 3. The Labute approximate surface area is 156 Å². The first-order valence-electron chi connectivity index (χ1n) is 8.64. The number of aliphatic hydroxyl groups excluding tert-OH is 1. The maximum atomic E-state index is 12.5. The number of pyridine rings is 1. The average Bonchev–Trinajstić information content (AvgIpc) is 3.07. The number of aliphatic hydroxyl groups is 1. The SMILES string of the molecule is CN1CCN(C(O)c2cc3ccc(=O)n(-c4ccc(Cl)cc4)c3[nH]2)CC1. The number of hydrogen-bond donors (Lipinski definition) is 2. The molecular weight excluding hydrogens is 352 g/mol. The van der Waals surface area contributed by atoms with Gasteiger partial charge in [-0.05, 0) is 43.4 Å². The van der Waals surface area contributed by atoms with E-state index in [0.717, 1.165) is 37.3 Å². The second-order valence-corrected chi connectivity index (χ2v) is 7.16. The lowest BCUT2D eigenvalue weighted by Gasteiger charge is -2.35. The van der Waals surface area contributed by atoms with Crippen LogP contribution in [0, 0.1) is 0 Å². The van der Waals surface area contributed by atoms with E-state index in [9.17, 15) is 9.90 Å². The van der Waals surface area contributed by atoms with Gasteiger partial charge in [0.25, 0.3) is 5.56 Å². The summed E-state index contributed by atoms with van der Waals surface area (Å²) in [7, 11) is 2.08. The van der Waals surface area contributed by atoms with Crippen molar-refractivity contribution >= 4 is 22.6 Å². The topological polar surface area (TPSA) is 64.5 Å². The van der Waals surface area contributed by atoms with Crippen molar-refractivity contribution in [3.05, 3.63) is 63.5 Å². The number of benzene rings is 1. The molecule has 0 radical (unpaired) electrons. The van der Waals surface area contributed by atoms with Gasteiger partial charge in [0.05, 0.1) is 11.4 Å². The highest BCUT2D eigenvalue weighted by molar-refractivity contribution is 6.30. The molecule has 3 aromatic rings. The van der Waals surface area contributed by atoms with Crippen LogP contribution in [0.1, 0.15) is 11.9 Å². The largest absolute Gasteiger partial charge is 0.373 e. The number of nitrogens with one attached hydrogen (secondary N) is 1. The third kappa shape index (κ3) is 3.17. The quantitative estimate of drug-likeness (QED) is 0.740. The van der Waals surface area contributed by atoms with Gasteiger partial charge in [-0.15, -0.1) is 0 Å². The highest BCUT2D eigenvalue weighted by atomic mass is 35.5. The number of H-pyrrole nitrogens is 1. The van der Waals surface area contributed by atoms with Gasteiger partial charge in [-0.25, -0.2) is 0 Å². The van der Waals surface area contributed by atoms with E-state index in [1.165, 1.54) is 6.07 Å².